The summed E-state index contributed by atoms with van der Waals surface area (Å²) in [6, 6.07) is 0. The molecule has 0 saturated heterocycles. The molecule has 0 fully saturated rings. The van der Waals surface area contributed by atoms with Crippen molar-refractivity contribution in [2.24, 2.45) is 0 Å². The third-order valence-electron chi connectivity index (χ3n) is 0.846. The van der Waals surface area contributed by atoms with Gasteiger partial charge in [-0.1, -0.05) is 0 Å². The molecule has 0 heterocycles. The van der Waals surface area contributed by atoms with Crippen LogP contribution < -0.4 is 0 Å². The van der Waals surface area contributed by atoms with E-state index in [2.05, 4.69) is 70.6 Å². The Morgan fingerprint density at radius 1 is 0.765 bits per heavy atom. The molecule has 0 unspecified atom stereocenters. The van der Waals surface area contributed by atoms with Crippen molar-refractivity contribution in [3.8, 4) is 0 Å². The number of hydrogen-bond acceptors (Lipinski definition) is 1. The molecule has 6 nitrogen and oxygen atoms in total. The van der Waals surface area contributed by atoms with E-state index in [1.165, 1.54) is 19.5 Å². The van der Waals surface area contributed by atoms with Crippen LogP contribution in [0.1, 0.15) is 13.8 Å². The van der Waals surface area contributed by atoms with Crippen LogP contribution in [-0.4, -0.2) is 17.8 Å². The first-order chi connectivity index (χ1) is 8.35. The first-order valence-corrected chi connectivity index (χ1v) is 6.91. The van der Waals surface area contributed by atoms with Crippen molar-refractivity contribution in [2.75, 3.05) is 13.1 Å². The van der Waals surface area contributed by atoms with Gasteiger partial charge in [0.05, 0.1) is 0 Å². The molecule has 0 atom stereocenters. The van der Waals surface area contributed by atoms with E-state index in [1.807, 2.05) is 0 Å². The summed E-state index contributed by atoms with van der Waals surface area (Å²) < 4.78 is 39.9. The topological polar surface area (TPSA) is 103 Å². The van der Waals surface area contributed by atoms with Crippen LogP contribution >= 0.6 is 6.37 Å². The van der Waals surface area contributed by atoms with Crippen LogP contribution in [0.25, 0.3) is 0 Å². The first kappa shape index (κ1) is 36.0. The van der Waals surface area contributed by atoms with Gasteiger partial charge in [0.1, 0.15) is 0 Å². The molecular formula is C9H10MoNO5P. The van der Waals surface area contributed by atoms with Crippen LogP contribution in [0.4, 0.5) is 0 Å². The van der Waals surface area contributed by atoms with Crippen molar-refractivity contribution < 1.29 is 42.1 Å². The van der Waals surface area contributed by atoms with E-state index in [4.69, 9.17) is 23.3 Å². The Morgan fingerprint density at radius 2 is 0.941 bits per heavy atom. The van der Waals surface area contributed by atoms with Crippen molar-refractivity contribution >= 4 is 6.37 Å². The van der Waals surface area contributed by atoms with Gasteiger partial charge in [-0.05, 0) is 0 Å². The Balaban J connectivity index is -0.0000000257. The van der Waals surface area contributed by atoms with E-state index in [9.17, 15) is 0 Å². The van der Waals surface area contributed by atoms with Gasteiger partial charge in [-0.2, -0.15) is 0 Å². The summed E-state index contributed by atoms with van der Waals surface area (Å²) in [5.41, 5.74) is 0. The fourth-order valence-corrected chi connectivity index (χ4v) is 2.27. The van der Waals surface area contributed by atoms with Crippen LogP contribution in [0, 0.1) is 33.3 Å². The maximum absolute atomic E-state index is 7.50. The van der Waals surface area contributed by atoms with Gasteiger partial charge in [-0.15, -0.1) is 0 Å². The van der Waals surface area contributed by atoms with E-state index in [-0.39, 0.29) is 0 Å². The number of nitrogens with zero attached hydrogens (tertiary/aromatic N) is 1. The third kappa shape index (κ3) is 91.4. The Bertz CT molecular complexity index is 173. The molecule has 0 aliphatic carbocycles. The van der Waals surface area contributed by atoms with Crippen molar-refractivity contribution in [3.63, 3.8) is 0 Å². The zero-order chi connectivity index (χ0) is 15.7. The molecule has 0 aliphatic rings. The summed E-state index contributed by atoms with van der Waals surface area (Å²) >= 11 is 2.10. The van der Waals surface area contributed by atoms with Gasteiger partial charge in [0.15, 0.2) is 0 Å². The van der Waals surface area contributed by atoms with Crippen LogP contribution in [0.2, 0.25) is 0 Å². The molecule has 0 rings (SSSR count). The van der Waals surface area contributed by atoms with Gasteiger partial charge in [-0.3, -0.25) is 0 Å². The molecule has 0 aromatic heterocycles. The minimum absolute atomic E-state index is 1.18. The quantitative estimate of drug-likeness (QED) is 0.330. The van der Waals surface area contributed by atoms with Gasteiger partial charge in [0.25, 0.3) is 0 Å². The molecule has 17 heavy (non-hydrogen) atoms. The fourth-order valence-electron chi connectivity index (χ4n) is 0.339. The summed E-state index contributed by atoms with van der Waals surface area (Å²) in [7, 11) is 0. The van der Waals surface area contributed by atoms with Crippen molar-refractivity contribution in [2.45, 2.75) is 13.8 Å². The van der Waals surface area contributed by atoms with Gasteiger partial charge < -0.3 is 0 Å². The summed E-state index contributed by atoms with van der Waals surface area (Å²) in [5.74, 6) is 0. The molecule has 0 spiro atoms. The zero-order valence-corrected chi connectivity index (χ0v) is 12.2. The molecule has 0 bridgehead atoms. The first-order valence-electron chi connectivity index (χ1n) is 3.45. The van der Waals surface area contributed by atoms with Gasteiger partial charge >= 0.3 is 113 Å². The molecule has 0 aromatic carbocycles. The molecule has 0 amide bonds. The third-order valence-corrected chi connectivity index (χ3v) is 3.35. The van der Waals surface area contributed by atoms with Gasteiger partial charge in [0, 0.05) is 0 Å². The van der Waals surface area contributed by atoms with Crippen LogP contribution in [0.5, 0.6) is 0 Å². The Kier molecular flexibility index (Phi) is 223. The average Bonchev–Trinajstić information content (AvgIpc) is 2.51. The zero-order valence-electron chi connectivity index (χ0n) is 9.26. The fraction of sp³-hybridized carbons (Fsp3) is 0.444. The Hall–Kier alpha value is -0.352. The van der Waals surface area contributed by atoms with E-state index in [1.54, 1.807) is 0 Å². The van der Waals surface area contributed by atoms with Crippen molar-refractivity contribution in [1.82, 2.24) is 4.67 Å². The van der Waals surface area contributed by atoms with E-state index in [0.29, 0.717) is 0 Å². The van der Waals surface area contributed by atoms with Crippen LogP contribution in [-0.2, 0) is 42.1 Å². The summed E-state index contributed by atoms with van der Waals surface area (Å²) in [6.07, 6.45) is 1.40. The Labute approximate surface area is 113 Å². The predicted molar refractivity (Wildman–Crippen MR) is 49.5 cm³/mol. The van der Waals surface area contributed by atoms with Gasteiger partial charge in [0.2, 0.25) is 0 Å². The Morgan fingerprint density at radius 3 is 0.941 bits per heavy atom. The maximum atomic E-state index is 7.50. The van der Waals surface area contributed by atoms with E-state index in [0.717, 1.165) is 0 Å². The van der Waals surface area contributed by atoms with Crippen LogP contribution in [0.15, 0.2) is 0 Å². The predicted octanol–water partition coefficient (Wildman–Crippen LogP) is 1.46. The molecule has 0 N–H and O–H groups in total. The molecule has 8 heteroatoms. The molecular weight excluding hydrogens is 329 g/mol. The molecule has 0 aromatic rings. The standard InChI is InChI=1S/C4H10NP.5CO.Mo/c1-3-5(6)4-2;5*1-2;/h3-4H2,1-2H3;;;;;;. The second kappa shape index (κ2) is 105. The van der Waals surface area contributed by atoms with Gasteiger partial charge in [-0.25, -0.2) is 0 Å². The molecule has 92 valence electrons. The molecule has 0 radical (unpaired) electrons. The summed E-state index contributed by atoms with van der Waals surface area (Å²) in [4.78, 5) is 0. The second-order valence-electron chi connectivity index (χ2n) is 1.22. The number of hydrogen-bond donors (Lipinski definition) is 0. The monoisotopic (exact) mass is 341 g/mol. The SMILES string of the molecule is CCN(CC)[P]=[Mo].[C-]#[O+].[C-]#[O+].[C-]#[O+].[C-]#[O+].[C-]#[O+]. The molecule has 0 saturated carbocycles. The summed E-state index contributed by atoms with van der Waals surface area (Å²) in [6.45, 7) is 29.2. The minimum atomic E-state index is 1.18. The van der Waals surface area contributed by atoms with E-state index < -0.39 is 0 Å². The normalized spacial score (nSPS) is 5.00. The molecule has 0 aliphatic heterocycles. The summed E-state index contributed by atoms with van der Waals surface area (Å²) in [5, 5.41) is 0. The van der Waals surface area contributed by atoms with Crippen LogP contribution in [0.3, 0.4) is 0 Å². The second-order valence-corrected chi connectivity index (χ2v) is 3.15. The number of rotatable bonds is 3. The van der Waals surface area contributed by atoms with Crippen molar-refractivity contribution in [1.29, 1.82) is 0 Å². The average molecular weight is 339 g/mol. The van der Waals surface area contributed by atoms with E-state index >= 15 is 0 Å². The van der Waals surface area contributed by atoms with Crippen molar-refractivity contribution in [3.05, 3.63) is 33.3 Å².